The topological polar surface area (TPSA) is 105 Å². The number of aromatic nitrogens is 5. The van der Waals surface area contributed by atoms with E-state index in [1.165, 1.54) is 39.4 Å². The molecule has 1 aliphatic rings. The summed E-state index contributed by atoms with van der Waals surface area (Å²) in [4.78, 5) is 18.2. The van der Waals surface area contributed by atoms with Gasteiger partial charge >= 0.3 is 6.61 Å². The van der Waals surface area contributed by atoms with Gasteiger partial charge in [-0.05, 0) is 24.2 Å². The summed E-state index contributed by atoms with van der Waals surface area (Å²) in [6.07, 6.45) is 6.11. The van der Waals surface area contributed by atoms with Crippen molar-refractivity contribution in [3.05, 3.63) is 48.5 Å². The van der Waals surface area contributed by atoms with Crippen LogP contribution in [0.4, 0.5) is 14.5 Å². The van der Waals surface area contributed by atoms with Gasteiger partial charge < -0.3 is 19.5 Å². The van der Waals surface area contributed by atoms with E-state index in [0.29, 0.717) is 41.0 Å². The number of thioether (sulfide) groups is 1. The molecule has 0 saturated heterocycles. The van der Waals surface area contributed by atoms with Crippen molar-refractivity contribution in [2.75, 3.05) is 24.3 Å². The van der Waals surface area contributed by atoms with Crippen LogP contribution in [-0.4, -0.2) is 63.9 Å². The van der Waals surface area contributed by atoms with Crippen LogP contribution in [0.15, 0.2) is 47.9 Å². The lowest BCUT2D eigenvalue weighted by atomic mass is 10.1. The molecule has 3 aromatic heterocycles. The first kappa shape index (κ1) is 27.1. The predicted octanol–water partition coefficient (Wildman–Crippen LogP) is 5.24. The molecule has 0 spiro atoms. The van der Waals surface area contributed by atoms with Gasteiger partial charge in [-0.1, -0.05) is 19.6 Å². The summed E-state index contributed by atoms with van der Waals surface area (Å²) in [5.41, 5.74) is 1.54. The highest BCUT2D eigenvalue weighted by Gasteiger charge is 2.26. The average molecular weight is 575 g/mol. The molecule has 10 nitrogen and oxygen atoms in total. The number of halogens is 2. The fourth-order valence-electron chi connectivity index (χ4n) is 4.01. The number of hydrogen-bond acceptors (Lipinski definition) is 8. The van der Waals surface area contributed by atoms with E-state index in [2.05, 4.69) is 40.1 Å². The maximum atomic E-state index is 13.5. The largest absolute Gasteiger partial charge is 0.492 e. The van der Waals surface area contributed by atoms with Gasteiger partial charge in [0.15, 0.2) is 5.65 Å². The standard InChI is InChI=1S/C25H28F2N6O4SSi/c1-39(2,3)10-8-35-15-33-22(16-11-20-21(38-9-7-36-20)12-19(16)37-25(26)27)18(14-30-33)31-24(34)17-13-29-32-6-4-5-28-23(17)32/h4-6,11-14,25H,7-10,15H2,1-3H3,(H,31,34). The molecule has 0 saturated carbocycles. The zero-order valence-corrected chi connectivity index (χ0v) is 23.5. The first-order valence-corrected chi connectivity index (χ1v) is 17.0. The number of nitrogens with zero attached hydrogens (tertiary/aromatic N) is 5. The molecule has 5 rings (SSSR count). The molecule has 0 bridgehead atoms. The summed E-state index contributed by atoms with van der Waals surface area (Å²) in [7, 11) is -1.33. The maximum absolute atomic E-state index is 13.5. The van der Waals surface area contributed by atoms with Gasteiger partial charge in [0.25, 0.3) is 5.91 Å². The number of ether oxygens (including phenoxy) is 3. The van der Waals surface area contributed by atoms with E-state index in [-0.39, 0.29) is 29.3 Å². The highest BCUT2D eigenvalue weighted by Crippen LogP contribution is 2.44. The highest BCUT2D eigenvalue weighted by atomic mass is 32.2. The molecule has 1 amide bonds. The van der Waals surface area contributed by atoms with E-state index in [1.54, 1.807) is 24.5 Å². The van der Waals surface area contributed by atoms with E-state index in [4.69, 9.17) is 14.2 Å². The Balaban J connectivity index is 1.54. The van der Waals surface area contributed by atoms with Crippen LogP contribution in [0.2, 0.25) is 25.7 Å². The van der Waals surface area contributed by atoms with E-state index < -0.39 is 20.6 Å². The molecule has 1 aromatic carbocycles. The maximum Gasteiger partial charge on any atom is 0.387 e. The molecule has 4 aromatic rings. The number of carbonyl (C=O) groups is 1. The lowest BCUT2D eigenvalue weighted by Crippen LogP contribution is -2.22. The Hall–Kier alpha value is -3.49. The number of alkyl halides is 2. The van der Waals surface area contributed by atoms with Gasteiger partial charge in [-0.25, -0.2) is 14.2 Å². The number of nitrogens with one attached hydrogen (secondary N) is 1. The Labute approximate surface area is 228 Å². The lowest BCUT2D eigenvalue weighted by Gasteiger charge is -2.21. The molecular formula is C25H28F2N6O4SSi. The third-order valence-corrected chi connectivity index (χ3v) is 8.64. The molecule has 39 heavy (non-hydrogen) atoms. The summed E-state index contributed by atoms with van der Waals surface area (Å²) in [5.74, 6) is 0.696. The van der Waals surface area contributed by atoms with Crippen molar-refractivity contribution in [2.45, 2.75) is 43.9 Å². The number of benzene rings is 1. The van der Waals surface area contributed by atoms with Crippen LogP contribution in [0.5, 0.6) is 11.5 Å². The minimum atomic E-state index is -3.05. The van der Waals surface area contributed by atoms with Crippen LogP contribution in [0.25, 0.3) is 16.9 Å². The number of rotatable bonds is 10. The molecule has 0 radical (unpaired) electrons. The summed E-state index contributed by atoms with van der Waals surface area (Å²) in [5, 5.41) is 11.4. The molecule has 0 atom stereocenters. The van der Waals surface area contributed by atoms with Crippen molar-refractivity contribution in [3.8, 4) is 22.8 Å². The Kier molecular flexibility index (Phi) is 7.86. The Morgan fingerprint density at radius 1 is 1.26 bits per heavy atom. The quantitative estimate of drug-likeness (QED) is 0.203. The first-order valence-electron chi connectivity index (χ1n) is 12.3. The van der Waals surface area contributed by atoms with E-state index in [0.717, 1.165) is 6.04 Å². The van der Waals surface area contributed by atoms with E-state index in [9.17, 15) is 13.6 Å². The zero-order chi connectivity index (χ0) is 27.6. The fraction of sp³-hybridized carbons (Fsp3) is 0.360. The zero-order valence-electron chi connectivity index (χ0n) is 21.7. The van der Waals surface area contributed by atoms with Gasteiger partial charge in [0.05, 0.1) is 35.3 Å². The molecule has 0 aliphatic carbocycles. The summed E-state index contributed by atoms with van der Waals surface area (Å²) >= 11 is 1.49. The number of carbonyl (C=O) groups excluding carboxylic acids is 1. The summed E-state index contributed by atoms with van der Waals surface area (Å²) in [6.45, 7) is 4.75. The van der Waals surface area contributed by atoms with Crippen LogP contribution < -0.4 is 14.8 Å². The second kappa shape index (κ2) is 11.3. The molecular weight excluding hydrogens is 546 g/mol. The van der Waals surface area contributed by atoms with Gasteiger partial charge in [0.2, 0.25) is 0 Å². The molecule has 1 N–H and O–H groups in total. The number of hydrogen-bond donors (Lipinski definition) is 1. The van der Waals surface area contributed by atoms with Crippen LogP contribution >= 0.6 is 11.8 Å². The SMILES string of the molecule is C[Si](C)(C)CCOCn1ncc(NC(=O)c2cnn3cccnc23)c1-c1cc2c(cc1OC(F)F)SCCO2. The normalized spacial score (nSPS) is 13.4. The van der Waals surface area contributed by atoms with Crippen molar-refractivity contribution in [1.82, 2.24) is 24.4 Å². The lowest BCUT2D eigenvalue weighted by molar-refractivity contribution is -0.0496. The molecule has 1 aliphatic heterocycles. The number of amides is 1. The van der Waals surface area contributed by atoms with Crippen LogP contribution in [0, 0.1) is 0 Å². The monoisotopic (exact) mass is 574 g/mol. The van der Waals surface area contributed by atoms with Gasteiger partial charge in [0, 0.05) is 38.4 Å². The third-order valence-electron chi connectivity index (χ3n) is 5.94. The molecule has 14 heteroatoms. The van der Waals surface area contributed by atoms with E-state index >= 15 is 0 Å². The van der Waals surface area contributed by atoms with Gasteiger partial charge in [-0.2, -0.15) is 19.0 Å². The van der Waals surface area contributed by atoms with Crippen LogP contribution in [-0.2, 0) is 11.5 Å². The van der Waals surface area contributed by atoms with Crippen molar-refractivity contribution in [3.63, 3.8) is 0 Å². The Morgan fingerprint density at radius 3 is 2.90 bits per heavy atom. The molecule has 4 heterocycles. The third kappa shape index (κ3) is 6.23. The second-order valence-electron chi connectivity index (χ2n) is 10.0. The minimum Gasteiger partial charge on any atom is -0.492 e. The van der Waals surface area contributed by atoms with Crippen LogP contribution in [0.3, 0.4) is 0 Å². The second-order valence-corrected chi connectivity index (χ2v) is 16.8. The van der Waals surface area contributed by atoms with Gasteiger partial charge in [-0.3, -0.25) is 4.79 Å². The predicted molar refractivity (Wildman–Crippen MR) is 146 cm³/mol. The number of anilines is 1. The molecule has 0 unspecified atom stereocenters. The first-order chi connectivity index (χ1) is 18.7. The number of fused-ring (bicyclic) bond motifs is 2. The van der Waals surface area contributed by atoms with Crippen molar-refractivity contribution in [2.24, 2.45) is 0 Å². The Morgan fingerprint density at radius 2 is 2.10 bits per heavy atom. The molecule has 0 fully saturated rings. The van der Waals surface area contributed by atoms with Crippen LogP contribution in [0.1, 0.15) is 10.4 Å². The Bertz CT molecular complexity index is 1490. The highest BCUT2D eigenvalue weighted by molar-refractivity contribution is 7.99. The summed E-state index contributed by atoms with van der Waals surface area (Å²) in [6, 6.07) is 5.82. The minimum absolute atomic E-state index is 0.0504. The van der Waals surface area contributed by atoms with Gasteiger partial charge in [-0.15, -0.1) is 11.8 Å². The smallest absolute Gasteiger partial charge is 0.387 e. The van der Waals surface area contributed by atoms with Gasteiger partial charge in [0.1, 0.15) is 23.8 Å². The van der Waals surface area contributed by atoms with E-state index in [1.807, 2.05) is 0 Å². The average Bonchev–Trinajstić information content (AvgIpc) is 3.49. The summed E-state index contributed by atoms with van der Waals surface area (Å²) < 4.78 is 46.6. The van der Waals surface area contributed by atoms with Crippen molar-refractivity contribution < 1.29 is 27.8 Å². The van der Waals surface area contributed by atoms with Crippen molar-refractivity contribution in [1.29, 1.82) is 0 Å². The van der Waals surface area contributed by atoms with Crippen molar-refractivity contribution >= 4 is 37.1 Å². The molecule has 206 valence electrons. The fourth-order valence-corrected chi connectivity index (χ4v) is 5.61.